The predicted molar refractivity (Wildman–Crippen MR) is 99.8 cm³/mol. The Morgan fingerprint density at radius 3 is 2.85 bits per heavy atom. The lowest BCUT2D eigenvalue weighted by Crippen LogP contribution is -3.13. The lowest BCUT2D eigenvalue weighted by Gasteiger charge is -2.31. The first kappa shape index (κ1) is 17.3. The number of aryl methyl sites for hydroxylation is 1. The third-order valence-corrected chi connectivity index (χ3v) is 5.96. The van der Waals surface area contributed by atoms with Crippen LogP contribution >= 0.6 is 11.3 Å². The van der Waals surface area contributed by atoms with Crippen LogP contribution in [0.25, 0.3) is 6.08 Å². The fourth-order valence-corrected chi connectivity index (χ4v) is 4.25. The molecule has 2 aliphatic heterocycles. The van der Waals surface area contributed by atoms with Crippen molar-refractivity contribution >= 4 is 23.2 Å². The van der Waals surface area contributed by atoms with E-state index in [2.05, 4.69) is 11.9 Å². The van der Waals surface area contributed by atoms with Crippen LogP contribution in [0.2, 0.25) is 0 Å². The number of hydrogen-bond acceptors (Lipinski definition) is 5. The summed E-state index contributed by atoms with van der Waals surface area (Å²) in [6.45, 7) is 6.42. The molecule has 2 aliphatic rings. The van der Waals surface area contributed by atoms with Gasteiger partial charge >= 0.3 is 0 Å². The Bertz CT molecular complexity index is 866. The van der Waals surface area contributed by atoms with E-state index < -0.39 is 0 Å². The number of benzene rings is 1. The lowest BCUT2D eigenvalue weighted by atomic mass is 9.99. The van der Waals surface area contributed by atoms with Crippen molar-refractivity contribution in [2.75, 3.05) is 33.2 Å². The summed E-state index contributed by atoms with van der Waals surface area (Å²) >= 11 is 1.55. The Balaban J connectivity index is 1.67. The van der Waals surface area contributed by atoms with E-state index in [1.807, 2.05) is 24.4 Å². The monoisotopic (exact) mass is 370 g/mol. The summed E-state index contributed by atoms with van der Waals surface area (Å²) in [6.07, 6.45) is 1.77. The van der Waals surface area contributed by atoms with Crippen molar-refractivity contribution in [2.45, 2.75) is 13.5 Å². The highest BCUT2D eigenvalue weighted by Crippen LogP contribution is 2.40. The maximum absolute atomic E-state index is 12.8. The van der Waals surface area contributed by atoms with Gasteiger partial charge in [-0.05, 0) is 31.0 Å². The summed E-state index contributed by atoms with van der Waals surface area (Å²) in [4.78, 5) is 17.5. The van der Waals surface area contributed by atoms with Crippen LogP contribution in [-0.4, -0.2) is 43.9 Å². The molecule has 3 heterocycles. The Morgan fingerprint density at radius 1 is 1.38 bits per heavy atom. The number of likely N-dealkylation sites (N-methyl/N-ethyl adjacent to an activating group) is 1. The fraction of sp³-hybridized carbons (Fsp3) is 0.350. The first-order valence-electron chi connectivity index (χ1n) is 8.86. The smallest absolute Gasteiger partial charge is 0.232 e. The zero-order chi connectivity index (χ0) is 18.3. The maximum atomic E-state index is 12.8. The van der Waals surface area contributed by atoms with Gasteiger partial charge in [0.05, 0.1) is 18.7 Å². The summed E-state index contributed by atoms with van der Waals surface area (Å²) in [6, 6.07) is 5.46. The summed E-state index contributed by atoms with van der Waals surface area (Å²) in [7, 11) is 2.11. The van der Waals surface area contributed by atoms with Crippen LogP contribution < -0.4 is 14.7 Å². The largest absolute Gasteiger partial charge is 0.872 e. The van der Waals surface area contributed by atoms with E-state index in [0.717, 1.165) is 31.1 Å². The second-order valence-corrected chi connectivity index (χ2v) is 8.04. The van der Waals surface area contributed by atoms with E-state index >= 15 is 0 Å². The topological polar surface area (TPSA) is 57.0 Å². The van der Waals surface area contributed by atoms with Gasteiger partial charge in [0, 0.05) is 29.6 Å². The molecule has 1 saturated heterocycles. The van der Waals surface area contributed by atoms with Crippen LogP contribution in [-0.2, 0) is 6.54 Å². The van der Waals surface area contributed by atoms with E-state index in [1.54, 1.807) is 23.5 Å². The fourth-order valence-electron chi connectivity index (χ4n) is 3.60. The number of quaternary nitrogens is 1. The Kier molecular flexibility index (Phi) is 4.56. The van der Waals surface area contributed by atoms with Crippen molar-refractivity contribution in [2.24, 2.45) is 0 Å². The van der Waals surface area contributed by atoms with Crippen molar-refractivity contribution in [3.05, 3.63) is 50.9 Å². The molecule has 5 nitrogen and oxygen atoms in total. The molecule has 136 valence electrons. The molecule has 0 amide bonds. The van der Waals surface area contributed by atoms with Gasteiger partial charge in [-0.25, -0.2) is 0 Å². The van der Waals surface area contributed by atoms with E-state index in [9.17, 15) is 9.90 Å². The molecular formula is C20H22N2O3S. The van der Waals surface area contributed by atoms with Crippen LogP contribution in [0.5, 0.6) is 11.5 Å². The van der Waals surface area contributed by atoms with Crippen molar-refractivity contribution in [1.82, 2.24) is 4.90 Å². The number of fused-ring (bicyclic) bond motifs is 1. The number of ketones is 1. The highest BCUT2D eigenvalue weighted by molar-refractivity contribution is 7.10. The highest BCUT2D eigenvalue weighted by atomic mass is 32.1. The van der Waals surface area contributed by atoms with Gasteiger partial charge in [-0.2, -0.15) is 0 Å². The minimum Gasteiger partial charge on any atom is -0.872 e. The van der Waals surface area contributed by atoms with E-state index in [4.69, 9.17) is 4.74 Å². The summed E-state index contributed by atoms with van der Waals surface area (Å²) < 4.78 is 5.94. The summed E-state index contributed by atoms with van der Waals surface area (Å²) in [5.41, 5.74) is 1.88. The number of nitrogens with one attached hydrogen (secondary N) is 1. The molecule has 0 radical (unpaired) electrons. The minimum atomic E-state index is -0.125. The van der Waals surface area contributed by atoms with E-state index in [1.165, 1.54) is 4.90 Å². The average molecular weight is 370 g/mol. The first-order valence-corrected chi connectivity index (χ1v) is 9.74. The summed E-state index contributed by atoms with van der Waals surface area (Å²) in [5, 5.41) is 14.6. The third kappa shape index (κ3) is 3.16. The molecule has 0 saturated carbocycles. The molecule has 0 unspecified atom stereocenters. The molecule has 0 bridgehead atoms. The number of piperazine rings is 1. The number of thiophene rings is 1. The van der Waals surface area contributed by atoms with Gasteiger partial charge in [-0.3, -0.25) is 9.69 Å². The number of nitrogens with zero attached hydrogens (tertiary/aromatic N) is 1. The number of allylic oxidation sites excluding steroid dienone is 1. The molecule has 1 fully saturated rings. The molecule has 0 atom stereocenters. The SMILES string of the molecule is Cc1cc([O-])c(C[NH+]2CCN(C)CC2)c2c1C(=O)/C(=C/c1cccs1)O2. The normalized spacial score (nSPS) is 19.8. The molecule has 0 spiro atoms. The second kappa shape index (κ2) is 6.87. The van der Waals surface area contributed by atoms with Gasteiger partial charge in [0.15, 0.2) is 5.76 Å². The lowest BCUT2D eigenvalue weighted by molar-refractivity contribution is -0.918. The molecule has 1 N–H and O–H groups in total. The van der Waals surface area contributed by atoms with Gasteiger partial charge in [-0.15, -0.1) is 11.3 Å². The molecule has 1 aromatic carbocycles. The van der Waals surface area contributed by atoms with Crippen LogP contribution in [0.3, 0.4) is 0 Å². The zero-order valence-electron chi connectivity index (χ0n) is 15.0. The highest BCUT2D eigenvalue weighted by Gasteiger charge is 2.33. The Labute approximate surface area is 157 Å². The van der Waals surface area contributed by atoms with Gasteiger partial charge in [-0.1, -0.05) is 17.9 Å². The molecule has 4 rings (SSSR count). The van der Waals surface area contributed by atoms with Crippen LogP contribution in [0.1, 0.15) is 26.4 Å². The van der Waals surface area contributed by atoms with Crippen LogP contribution in [0, 0.1) is 6.92 Å². The van der Waals surface area contributed by atoms with Gasteiger partial charge in [0.2, 0.25) is 5.78 Å². The average Bonchev–Trinajstić information content (AvgIpc) is 3.22. The van der Waals surface area contributed by atoms with Crippen LogP contribution in [0.4, 0.5) is 0 Å². The number of ether oxygens (including phenoxy) is 1. The number of hydrogen-bond donors (Lipinski definition) is 1. The van der Waals surface area contributed by atoms with Crippen molar-refractivity contribution in [3.63, 3.8) is 0 Å². The Morgan fingerprint density at radius 2 is 2.15 bits per heavy atom. The maximum Gasteiger partial charge on any atom is 0.232 e. The number of carbonyl (C=O) groups is 1. The Hall–Kier alpha value is -2.15. The van der Waals surface area contributed by atoms with Crippen molar-refractivity contribution in [1.29, 1.82) is 0 Å². The molecule has 1 aromatic heterocycles. The number of rotatable bonds is 3. The van der Waals surface area contributed by atoms with E-state index in [0.29, 0.717) is 34.7 Å². The van der Waals surface area contributed by atoms with Crippen LogP contribution in [0.15, 0.2) is 29.3 Å². The standard InChI is InChI=1S/C20H22N2O3S/c1-13-10-16(23)15(12-22-7-5-21(2)6-8-22)20-18(13)19(24)17(25-20)11-14-4-3-9-26-14/h3-4,9-11,23H,5-8,12H2,1-2H3/b17-11-. The van der Waals surface area contributed by atoms with Crippen molar-refractivity contribution in [3.8, 4) is 11.5 Å². The number of Topliss-reactive ketones (excluding diaryl/α,β-unsaturated/α-hetero) is 1. The van der Waals surface area contributed by atoms with Gasteiger partial charge in [0.25, 0.3) is 0 Å². The predicted octanol–water partition coefficient (Wildman–Crippen LogP) is 1.08. The van der Waals surface area contributed by atoms with E-state index in [-0.39, 0.29) is 11.5 Å². The quantitative estimate of drug-likeness (QED) is 0.822. The molecule has 26 heavy (non-hydrogen) atoms. The van der Waals surface area contributed by atoms with Gasteiger partial charge < -0.3 is 14.7 Å². The third-order valence-electron chi connectivity index (χ3n) is 5.14. The van der Waals surface area contributed by atoms with Crippen molar-refractivity contribution < 1.29 is 19.5 Å². The molecule has 0 aliphatic carbocycles. The first-order chi connectivity index (χ1) is 12.5. The molecule has 2 aromatic rings. The minimum absolute atomic E-state index is 0.0298. The molecular weight excluding hydrogens is 348 g/mol. The molecule has 6 heteroatoms. The number of carbonyl (C=O) groups excluding carboxylic acids is 1. The summed E-state index contributed by atoms with van der Waals surface area (Å²) in [5.74, 6) is 0.637. The zero-order valence-corrected chi connectivity index (χ0v) is 15.8. The van der Waals surface area contributed by atoms with Gasteiger partial charge in [0.1, 0.15) is 12.3 Å². The second-order valence-electron chi connectivity index (χ2n) is 7.06.